The molecule has 4 atom stereocenters. The van der Waals surface area contributed by atoms with Gasteiger partial charge in [0.05, 0.1) is 17.6 Å². The second kappa shape index (κ2) is 8.71. The number of rotatable bonds is 6. The third-order valence-electron chi connectivity index (χ3n) is 6.64. The Bertz CT molecular complexity index is 1000. The fourth-order valence-corrected chi connectivity index (χ4v) is 5.04. The Balaban J connectivity index is 1.21. The maximum Gasteiger partial charge on any atom is 0.289 e. The quantitative estimate of drug-likeness (QED) is 0.745. The van der Waals surface area contributed by atoms with Crippen molar-refractivity contribution in [2.45, 2.75) is 50.8 Å². The number of aromatic nitrogens is 2. The van der Waals surface area contributed by atoms with Crippen molar-refractivity contribution in [1.82, 2.24) is 20.2 Å². The van der Waals surface area contributed by atoms with Gasteiger partial charge >= 0.3 is 0 Å². The molecule has 6 nitrogen and oxygen atoms in total. The first-order valence-electron chi connectivity index (χ1n) is 11.4. The summed E-state index contributed by atoms with van der Waals surface area (Å²) in [5.74, 6) is 1.82. The fourth-order valence-electron chi connectivity index (χ4n) is 5.04. The second-order valence-electron chi connectivity index (χ2n) is 8.65. The molecule has 1 fully saturated rings. The molecular weight excluding hydrogens is 388 g/mol. The van der Waals surface area contributed by atoms with E-state index in [0.29, 0.717) is 24.3 Å². The van der Waals surface area contributed by atoms with Crippen molar-refractivity contribution < 1.29 is 9.53 Å². The van der Waals surface area contributed by atoms with E-state index in [9.17, 15) is 4.79 Å². The largest absolute Gasteiger partial charge is 0.489 e. The van der Waals surface area contributed by atoms with Crippen LogP contribution in [0.5, 0.6) is 0 Å². The van der Waals surface area contributed by atoms with Gasteiger partial charge < -0.3 is 19.9 Å². The molecule has 2 heterocycles. The van der Waals surface area contributed by atoms with Gasteiger partial charge in [-0.1, -0.05) is 30.4 Å². The van der Waals surface area contributed by atoms with E-state index in [1.165, 1.54) is 0 Å². The van der Waals surface area contributed by atoms with Crippen molar-refractivity contribution in [2.24, 2.45) is 5.92 Å². The minimum absolute atomic E-state index is 0.00571. The normalized spacial score (nSPS) is 27.1. The minimum Gasteiger partial charge on any atom is -0.489 e. The van der Waals surface area contributed by atoms with E-state index in [1.807, 2.05) is 29.2 Å². The number of carbonyl (C=O) groups is 1. The molecule has 1 aliphatic heterocycles. The van der Waals surface area contributed by atoms with E-state index in [4.69, 9.17) is 4.74 Å². The lowest BCUT2D eigenvalue weighted by atomic mass is 9.89. The van der Waals surface area contributed by atoms with Gasteiger partial charge in [0.2, 0.25) is 0 Å². The molecule has 1 aromatic heterocycles. The average molecular weight is 419 g/mol. The SMILES string of the molecule is CCN(C(=O)c1nc2ccccc2[nH]1)[C@H]1CCC[C@@H](NCC2=CC3C=CC=CC3O2)C1. The molecule has 1 amide bonds. The van der Waals surface area contributed by atoms with Gasteiger partial charge in [-0.3, -0.25) is 4.79 Å². The summed E-state index contributed by atoms with van der Waals surface area (Å²) in [6, 6.07) is 8.39. The molecule has 2 unspecified atom stereocenters. The number of carbonyl (C=O) groups excluding carboxylic acids is 1. The Labute approximate surface area is 183 Å². The highest BCUT2D eigenvalue weighted by atomic mass is 16.5. The third-order valence-corrected chi connectivity index (χ3v) is 6.64. The van der Waals surface area contributed by atoms with Crippen LogP contribution < -0.4 is 5.32 Å². The van der Waals surface area contributed by atoms with Crippen LogP contribution >= 0.6 is 0 Å². The summed E-state index contributed by atoms with van der Waals surface area (Å²) in [5.41, 5.74) is 1.74. The first-order valence-corrected chi connectivity index (χ1v) is 11.4. The van der Waals surface area contributed by atoms with Gasteiger partial charge in [0.1, 0.15) is 11.9 Å². The molecule has 31 heavy (non-hydrogen) atoms. The van der Waals surface area contributed by atoms with Crippen LogP contribution in [0.25, 0.3) is 11.0 Å². The number of allylic oxidation sites excluding steroid dienone is 2. The van der Waals surface area contributed by atoms with Crippen molar-refractivity contribution in [3.8, 4) is 0 Å². The predicted molar refractivity (Wildman–Crippen MR) is 122 cm³/mol. The lowest BCUT2D eigenvalue weighted by Crippen LogP contribution is -2.47. The monoisotopic (exact) mass is 418 g/mol. The van der Waals surface area contributed by atoms with Crippen LogP contribution in [0.3, 0.4) is 0 Å². The standard InChI is InChI=1S/C25H30N4O2/c1-2-29(25(30)24-27-21-11-4-5-12-22(21)28-24)19-10-7-9-18(15-19)26-16-20-14-17-8-3-6-13-23(17)31-20/h3-6,8,11-14,17-19,23,26H,2,7,9-10,15-16H2,1H3,(H,27,28)/t17?,18-,19+,23?/m1/s1. The van der Waals surface area contributed by atoms with Crippen molar-refractivity contribution in [3.05, 3.63) is 66.2 Å². The number of H-pyrrole nitrogens is 1. The molecule has 1 saturated carbocycles. The molecular formula is C25H30N4O2. The lowest BCUT2D eigenvalue weighted by Gasteiger charge is -2.37. The molecule has 2 aliphatic carbocycles. The zero-order valence-corrected chi connectivity index (χ0v) is 18.0. The van der Waals surface area contributed by atoms with Crippen molar-refractivity contribution >= 4 is 16.9 Å². The summed E-state index contributed by atoms with van der Waals surface area (Å²) in [5, 5.41) is 3.68. The Morgan fingerprint density at radius 3 is 2.97 bits per heavy atom. The van der Waals surface area contributed by atoms with Gasteiger partial charge in [-0.2, -0.15) is 0 Å². The molecule has 1 aromatic carbocycles. The number of amides is 1. The summed E-state index contributed by atoms with van der Waals surface area (Å²) >= 11 is 0. The highest BCUT2D eigenvalue weighted by molar-refractivity contribution is 5.94. The van der Waals surface area contributed by atoms with Gasteiger partial charge in [0.25, 0.3) is 5.91 Å². The molecule has 162 valence electrons. The summed E-state index contributed by atoms with van der Waals surface area (Å²) < 4.78 is 6.06. The average Bonchev–Trinajstić information content (AvgIpc) is 3.42. The maximum absolute atomic E-state index is 13.2. The Morgan fingerprint density at radius 2 is 2.13 bits per heavy atom. The van der Waals surface area contributed by atoms with Crippen LogP contribution in [0.1, 0.15) is 43.2 Å². The van der Waals surface area contributed by atoms with E-state index >= 15 is 0 Å². The zero-order chi connectivity index (χ0) is 21.2. The van der Waals surface area contributed by atoms with E-state index in [2.05, 4.69) is 52.6 Å². The molecule has 2 N–H and O–H groups in total. The first kappa shape index (κ1) is 20.1. The summed E-state index contributed by atoms with van der Waals surface area (Å²) in [4.78, 5) is 22.9. The molecule has 0 spiro atoms. The molecule has 0 radical (unpaired) electrons. The Kier molecular flexibility index (Phi) is 5.64. The van der Waals surface area contributed by atoms with Gasteiger partial charge in [-0.25, -0.2) is 4.98 Å². The summed E-state index contributed by atoms with van der Waals surface area (Å²) in [7, 11) is 0. The number of imidazole rings is 1. The fraction of sp³-hybridized carbons (Fsp3) is 0.440. The minimum atomic E-state index is -0.00571. The van der Waals surface area contributed by atoms with Crippen molar-refractivity contribution in [2.75, 3.05) is 13.1 Å². The predicted octanol–water partition coefficient (Wildman–Crippen LogP) is 3.95. The number of fused-ring (bicyclic) bond motifs is 2. The summed E-state index contributed by atoms with van der Waals surface area (Å²) in [6.45, 7) is 3.48. The van der Waals surface area contributed by atoms with Crippen LogP contribution in [0.2, 0.25) is 0 Å². The number of hydrogen-bond acceptors (Lipinski definition) is 4. The van der Waals surface area contributed by atoms with Crippen molar-refractivity contribution in [3.63, 3.8) is 0 Å². The van der Waals surface area contributed by atoms with Gasteiger partial charge in [0, 0.05) is 24.5 Å². The summed E-state index contributed by atoms with van der Waals surface area (Å²) in [6.07, 6.45) is 15.1. The number of nitrogens with zero attached hydrogens (tertiary/aromatic N) is 2. The van der Waals surface area contributed by atoms with E-state index in [1.54, 1.807) is 0 Å². The molecule has 2 aromatic rings. The number of nitrogens with one attached hydrogen (secondary N) is 2. The van der Waals surface area contributed by atoms with Gasteiger partial charge in [-0.15, -0.1) is 0 Å². The Morgan fingerprint density at radius 1 is 1.26 bits per heavy atom. The molecule has 5 rings (SSSR count). The maximum atomic E-state index is 13.2. The molecule has 6 heteroatoms. The number of para-hydroxylation sites is 2. The smallest absolute Gasteiger partial charge is 0.289 e. The highest BCUT2D eigenvalue weighted by Crippen LogP contribution is 2.29. The van der Waals surface area contributed by atoms with Gasteiger partial charge in [0.15, 0.2) is 5.82 Å². The highest BCUT2D eigenvalue weighted by Gasteiger charge is 2.31. The van der Waals surface area contributed by atoms with Crippen LogP contribution in [-0.4, -0.2) is 52.1 Å². The van der Waals surface area contributed by atoms with Crippen LogP contribution in [0.4, 0.5) is 0 Å². The first-order chi connectivity index (χ1) is 15.2. The van der Waals surface area contributed by atoms with Gasteiger partial charge in [-0.05, 0) is 56.9 Å². The number of benzene rings is 1. The number of ether oxygens (including phenoxy) is 1. The van der Waals surface area contributed by atoms with Crippen LogP contribution in [-0.2, 0) is 4.74 Å². The lowest BCUT2D eigenvalue weighted by molar-refractivity contribution is 0.0616. The Hall–Kier alpha value is -2.86. The van der Waals surface area contributed by atoms with E-state index in [-0.39, 0.29) is 18.1 Å². The van der Waals surface area contributed by atoms with Crippen LogP contribution in [0.15, 0.2) is 60.4 Å². The second-order valence-corrected chi connectivity index (χ2v) is 8.65. The molecule has 0 saturated heterocycles. The third kappa shape index (κ3) is 4.17. The van der Waals surface area contributed by atoms with E-state index in [0.717, 1.165) is 49.0 Å². The molecule has 3 aliphatic rings. The number of hydrogen-bond donors (Lipinski definition) is 2. The van der Waals surface area contributed by atoms with Crippen LogP contribution in [0, 0.1) is 5.92 Å². The molecule has 0 bridgehead atoms. The van der Waals surface area contributed by atoms with Crippen molar-refractivity contribution in [1.29, 1.82) is 0 Å². The zero-order valence-electron chi connectivity index (χ0n) is 18.0. The van der Waals surface area contributed by atoms with E-state index < -0.39 is 0 Å². The topological polar surface area (TPSA) is 70.2 Å². The number of aromatic amines is 1.